The van der Waals surface area contributed by atoms with Crippen molar-refractivity contribution in [3.05, 3.63) is 29.8 Å². The van der Waals surface area contributed by atoms with Crippen LogP contribution in [0.2, 0.25) is 0 Å². The summed E-state index contributed by atoms with van der Waals surface area (Å²) in [4.78, 5) is 0. The second-order valence-electron chi connectivity index (χ2n) is 4.27. The summed E-state index contributed by atoms with van der Waals surface area (Å²) in [5.74, 6) is 1.33. The fourth-order valence-corrected chi connectivity index (χ4v) is 2.10. The molecule has 1 aromatic rings. The Balaban J connectivity index is 1.79. The van der Waals surface area contributed by atoms with Gasteiger partial charge in [-0.25, -0.2) is 0 Å². The number of rotatable bonds is 4. The highest BCUT2D eigenvalue weighted by atomic mass is 35.5. The van der Waals surface area contributed by atoms with Gasteiger partial charge in [0.25, 0.3) is 0 Å². The van der Waals surface area contributed by atoms with Crippen LogP contribution in [-0.4, -0.2) is 19.8 Å². The van der Waals surface area contributed by atoms with Gasteiger partial charge in [0.15, 0.2) is 0 Å². The second-order valence-corrected chi connectivity index (χ2v) is 4.53. The van der Waals surface area contributed by atoms with Crippen LogP contribution in [0.1, 0.15) is 18.4 Å². The Morgan fingerprint density at radius 2 is 1.88 bits per heavy atom. The largest absolute Gasteiger partial charge is 0.385 e. The Morgan fingerprint density at radius 1 is 1.19 bits per heavy atom. The fourth-order valence-electron chi connectivity index (χ4n) is 1.92. The van der Waals surface area contributed by atoms with Gasteiger partial charge in [-0.1, -0.05) is 12.1 Å². The smallest absolute Gasteiger partial charge is 0.0474 e. The van der Waals surface area contributed by atoms with Gasteiger partial charge >= 0.3 is 0 Å². The molecule has 1 N–H and O–H groups in total. The first-order chi connectivity index (χ1) is 7.88. The van der Waals surface area contributed by atoms with E-state index in [1.54, 1.807) is 0 Å². The Morgan fingerprint density at radius 3 is 2.50 bits per heavy atom. The Hall–Kier alpha value is -0.730. The number of benzene rings is 1. The molecule has 2 nitrogen and oxygen atoms in total. The lowest BCUT2D eigenvalue weighted by atomic mass is 10.0. The highest BCUT2D eigenvalue weighted by Crippen LogP contribution is 2.17. The number of alkyl halides is 1. The lowest BCUT2D eigenvalue weighted by Gasteiger charge is -2.22. The molecule has 0 saturated carbocycles. The van der Waals surface area contributed by atoms with Gasteiger partial charge in [0.05, 0.1) is 0 Å². The summed E-state index contributed by atoms with van der Waals surface area (Å²) in [6.07, 6.45) is 2.35. The second kappa shape index (κ2) is 6.12. The molecular weight excluding hydrogens is 222 g/mol. The Kier molecular flexibility index (Phi) is 4.49. The molecule has 16 heavy (non-hydrogen) atoms. The zero-order chi connectivity index (χ0) is 11.2. The van der Waals surface area contributed by atoms with Crippen molar-refractivity contribution in [1.29, 1.82) is 0 Å². The molecule has 88 valence electrons. The van der Waals surface area contributed by atoms with Crippen LogP contribution in [0.3, 0.4) is 0 Å². The Bertz CT molecular complexity index is 306. The third-order valence-electron chi connectivity index (χ3n) is 3.04. The van der Waals surface area contributed by atoms with E-state index in [0.29, 0.717) is 5.88 Å². The molecule has 1 saturated heterocycles. The van der Waals surface area contributed by atoms with Crippen molar-refractivity contribution in [1.82, 2.24) is 0 Å². The molecule has 0 aromatic heterocycles. The van der Waals surface area contributed by atoms with Crippen LogP contribution >= 0.6 is 11.6 Å². The van der Waals surface area contributed by atoms with Gasteiger partial charge < -0.3 is 10.1 Å². The van der Waals surface area contributed by atoms with Gasteiger partial charge in [0.2, 0.25) is 0 Å². The number of nitrogens with one attached hydrogen (secondary N) is 1. The van der Waals surface area contributed by atoms with Gasteiger partial charge in [-0.15, -0.1) is 11.6 Å². The molecule has 1 heterocycles. The normalized spacial score (nSPS) is 17.3. The zero-order valence-corrected chi connectivity index (χ0v) is 10.2. The van der Waals surface area contributed by atoms with Crippen LogP contribution in [0.25, 0.3) is 0 Å². The van der Waals surface area contributed by atoms with Crippen molar-refractivity contribution in [3.63, 3.8) is 0 Å². The molecule has 0 bridgehead atoms. The maximum atomic E-state index is 5.74. The average Bonchev–Trinajstić information content (AvgIpc) is 2.38. The maximum absolute atomic E-state index is 5.74. The van der Waals surface area contributed by atoms with Crippen LogP contribution in [0.5, 0.6) is 0 Å². The van der Waals surface area contributed by atoms with E-state index >= 15 is 0 Å². The van der Waals surface area contributed by atoms with Crippen molar-refractivity contribution in [3.8, 4) is 0 Å². The lowest BCUT2D eigenvalue weighted by Crippen LogP contribution is -2.22. The van der Waals surface area contributed by atoms with Crippen LogP contribution in [0.15, 0.2) is 24.3 Å². The molecule has 1 aromatic carbocycles. The molecule has 1 fully saturated rings. The highest BCUT2D eigenvalue weighted by Gasteiger charge is 2.12. The van der Waals surface area contributed by atoms with E-state index < -0.39 is 0 Å². The van der Waals surface area contributed by atoms with Crippen molar-refractivity contribution in [2.45, 2.75) is 18.7 Å². The maximum Gasteiger partial charge on any atom is 0.0474 e. The topological polar surface area (TPSA) is 21.3 Å². The van der Waals surface area contributed by atoms with Gasteiger partial charge in [-0.3, -0.25) is 0 Å². The van der Waals surface area contributed by atoms with Crippen molar-refractivity contribution in [2.24, 2.45) is 5.92 Å². The quantitative estimate of drug-likeness (QED) is 0.815. The first-order valence-corrected chi connectivity index (χ1v) is 6.38. The molecule has 3 heteroatoms. The number of anilines is 1. The number of ether oxygens (including phenoxy) is 1. The standard InChI is InChI=1S/C13H18ClNO/c14-9-11-1-3-13(4-2-11)15-10-12-5-7-16-8-6-12/h1-4,12,15H,5-10H2. The van der Waals surface area contributed by atoms with Gasteiger partial charge in [-0.2, -0.15) is 0 Å². The SMILES string of the molecule is ClCc1ccc(NCC2CCOCC2)cc1. The van der Waals surface area contributed by atoms with Crippen LogP contribution in [-0.2, 0) is 10.6 Å². The minimum atomic E-state index is 0.584. The molecule has 1 aliphatic rings. The molecule has 0 radical (unpaired) electrons. The third kappa shape index (κ3) is 3.39. The molecule has 0 atom stereocenters. The minimum Gasteiger partial charge on any atom is -0.385 e. The van der Waals surface area contributed by atoms with Crippen LogP contribution < -0.4 is 5.32 Å². The summed E-state index contributed by atoms with van der Waals surface area (Å²) in [6.45, 7) is 2.87. The summed E-state index contributed by atoms with van der Waals surface area (Å²) >= 11 is 5.74. The minimum absolute atomic E-state index is 0.584. The number of halogens is 1. The van der Waals surface area contributed by atoms with Gasteiger partial charge in [0, 0.05) is 31.3 Å². The first kappa shape index (κ1) is 11.7. The van der Waals surface area contributed by atoms with E-state index in [1.807, 2.05) is 0 Å². The molecule has 2 rings (SSSR count). The van der Waals surface area contributed by atoms with Crippen molar-refractivity contribution >= 4 is 17.3 Å². The van der Waals surface area contributed by atoms with E-state index in [0.717, 1.165) is 25.7 Å². The summed E-state index contributed by atoms with van der Waals surface area (Å²) in [6, 6.07) is 8.33. The average molecular weight is 240 g/mol. The summed E-state index contributed by atoms with van der Waals surface area (Å²) < 4.78 is 5.34. The van der Waals surface area contributed by atoms with Crippen molar-refractivity contribution < 1.29 is 4.74 Å². The number of hydrogen-bond acceptors (Lipinski definition) is 2. The van der Waals surface area contributed by atoms with Gasteiger partial charge in [-0.05, 0) is 36.5 Å². The summed E-state index contributed by atoms with van der Waals surface area (Å²) in [5.41, 5.74) is 2.35. The predicted octanol–water partition coefficient (Wildman–Crippen LogP) is 3.26. The molecule has 1 aliphatic heterocycles. The van der Waals surface area contributed by atoms with E-state index in [9.17, 15) is 0 Å². The van der Waals surface area contributed by atoms with Crippen LogP contribution in [0, 0.1) is 5.92 Å². The fraction of sp³-hybridized carbons (Fsp3) is 0.538. The first-order valence-electron chi connectivity index (χ1n) is 5.85. The zero-order valence-electron chi connectivity index (χ0n) is 9.42. The van der Waals surface area contributed by atoms with E-state index in [-0.39, 0.29) is 0 Å². The van der Waals surface area contributed by atoms with Crippen LogP contribution in [0.4, 0.5) is 5.69 Å². The van der Waals surface area contributed by atoms with E-state index in [1.165, 1.54) is 24.1 Å². The highest BCUT2D eigenvalue weighted by molar-refractivity contribution is 6.17. The van der Waals surface area contributed by atoms with Gasteiger partial charge in [0.1, 0.15) is 0 Å². The summed E-state index contributed by atoms with van der Waals surface area (Å²) in [5, 5.41) is 3.47. The molecular formula is C13H18ClNO. The number of hydrogen-bond donors (Lipinski definition) is 1. The molecule has 0 aliphatic carbocycles. The lowest BCUT2D eigenvalue weighted by molar-refractivity contribution is 0.0699. The van der Waals surface area contributed by atoms with Crippen molar-refractivity contribution in [2.75, 3.05) is 25.1 Å². The molecule has 0 spiro atoms. The summed E-state index contributed by atoms with van der Waals surface area (Å²) in [7, 11) is 0. The third-order valence-corrected chi connectivity index (χ3v) is 3.35. The predicted molar refractivity (Wildman–Crippen MR) is 68.0 cm³/mol. The Labute approximate surface area is 102 Å². The molecule has 0 amide bonds. The van der Waals surface area contributed by atoms with E-state index in [2.05, 4.69) is 29.6 Å². The molecule has 0 unspecified atom stereocenters. The van der Waals surface area contributed by atoms with E-state index in [4.69, 9.17) is 16.3 Å². The monoisotopic (exact) mass is 239 g/mol.